The largest absolute Gasteiger partial charge is 0.294 e. The molecule has 0 atom stereocenters. The summed E-state index contributed by atoms with van der Waals surface area (Å²) in [6.45, 7) is 4.31. The van der Waals surface area contributed by atoms with Crippen molar-refractivity contribution < 1.29 is 9.59 Å². The molecule has 1 aliphatic rings. The molecule has 0 saturated carbocycles. The van der Waals surface area contributed by atoms with Crippen molar-refractivity contribution in [2.24, 2.45) is 7.05 Å². The number of fused-ring (bicyclic) bond motifs is 1. The van der Waals surface area contributed by atoms with Gasteiger partial charge in [-0.1, -0.05) is 29.8 Å². The first-order chi connectivity index (χ1) is 15.9. The van der Waals surface area contributed by atoms with Gasteiger partial charge in [-0.15, -0.1) is 5.10 Å². The average molecular weight is 465 g/mol. The summed E-state index contributed by atoms with van der Waals surface area (Å²) in [4.78, 5) is 32.6. The Bertz CT molecular complexity index is 1390. The second kappa shape index (κ2) is 7.96. The fourth-order valence-corrected chi connectivity index (χ4v) is 4.42. The summed E-state index contributed by atoms with van der Waals surface area (Å²) in [5, 5.41) is 16.8. The molecule has 0 aliphatic carbocycles. The number of carbonyl (C=O) groups excluding carboxylic acids is 2. The molecule has 3 aromatic heterocycles. The van der Waals surface area contributed by atoms with Crippen LogP contribution in [0.1, 0.15) is 38.7 Å². The molecule has 0 spiro atoms. The van der Waals surface area contributed by atoms with Crippen LogP contribution in [0.2, 0.25) is 5.02 Å². The maximum absolute atomic E-state index is 13.4. The van der Waals surface area contributed by atoms with Crippen molar-refractivity contribution in [3.8, 4) is 5.69 Å². The van der Waals surface area contributed by atoms with E-state index in [2.05, 4.69) is 20.3 Å². The van der Waals surface area contributed by atoms with E-state index in [0.717, 1.165) is 5.69 Å². The number of benzene rings is 1. The highest BCUT2D eigenvalue weighted by molar-refractivity contribution is 6.38. The number of aromatic nitrogens is 6. The maximum atomic E-state index is 13.4. The van der Waals surface area contributed by atoms with E-state index in [4.69, 9.17) is 11.6 Å². The van der Waals surface area contributed by atoms with Gasteiger partial charge < -0.3 is 0 Å². The van der Waals surface area contributed by atoms with Gasteiger partial charge >= 0.3 is 0 Å². The van der Waals surface area contributed by atoms with Crippen LogP contribution in [-0.2, 0) is 7.05 Å². The van der Waals surface area contributed by atoms with E-state index in [9.17, 15) is 9.59 Å². The summed E-state index contributed by atoms with van der Waals surface area (Å²) in [6.07, 6.45) is 2.08. The minimum absolute atomic E-state index is 0.196. The van der Waals surface area contributed by atoms with Crippen molar-refractivity contribution in [2.75, 3.05) is 13.1 Å². The van der Waals surface area contributed by atoms with Gasteiger partial charge in [0.05, 0.1) is 33.0 Å². The third-order valence-corrected chi connectivity index (χ3v) is 6.06. The summed E-state index contributed by atoms with van der Waals surface area (Å²) in [6, 6.07) is 9.34. The number of carbonyl (C=O) groups is 2. The Morgan fingerprint density at radius 2 is 1.64 bits per heavy atom. The fourth-order valence-electron chi connectivity index (χ4n) is 4.07. The molecule has 0 N–H and O–H groups in total. The van der Waals surface area contributed by atoms with Crippen LogP contribution in [0.5, 0.6) is 0 Å². The number of para-hydroxylation sites is 1. The zero-order chi connectivity index (χ0) is 23.3. The number of halogens is 1. The Hall–Kier alpha value is -3.79. The Balaban J connectivity index is 1.46. The summed E-state index contributed by atoms with van der Waals surface area (Å²) in [5.41, 5.74) is 2.92. The molecule has 1 fully saturated rings. The zero-order valence-electron chi connectivity index (χ0n) is 18.4. The standard InChI is InChI=1S/C22H21ClN8O2/c1-13-17-18(23)16(12-24-20(17)28(3)25-13)21(32)29-10-7-11-30(29)22(33)19-14(2)26-31(27-19)15-8-5-4-6-9-15/h4-6,8-9,12H,7,10-11H2,1-3H3. The molecule has 0 radical (unpaired) electrons. The number of amides is 2. The highest BCUT2D eigenvalue weighted by Crippen LogP contribution is 2.30. The Morgan fingerprint density at radius 1 is 0.939 bits per heavy atom. The van der Waals surface area contributed by atoms with Gasteiger partial charge in [-0.05, 0) is 32.4 Å². The molecule has 5 rings (SSSR count). The van der Waals surface area contributed by atoms with Crippen LogP contribution in [-0.4, -0.2) is 64.7 Å². The van der Waals surface area contributed by atoms with E-state index in [0.29, 0.717) is 41.9 Å². The van der Waals surface area contributed by atoms with Crippen LogP contribution < -0.4 is 0 Å². The molecule has 33 heavy (non-hydrogen) atoms. The zero-order valence-corrected chi connectivity index (χ0v) is 19.1. The molecular weight excluding hydrogens is 444 g/mol. The van der Waals surface area contributed by atoms with Crippen molar-refractivity contribution in [1.82, 2.24) is 39.8 Å². The lowest BCUT2D eigenvalue weighted by Crippen LogP contribution is -2.45. The lowest BCUT2D eigenvalue weighted by atomic mass is 10.2. The van der Waals surface area contributed by atoms with Gasteiger partial charge in [0.25, 0.3) is 11.8 Å². The highest BCUT2D eigenvalue weighted by Gasteiger charge is 2.35. The number of hydrazine groups is 1. The first-order valence-electron chi connectivity index (χ1n) is 10.5. The number of nitrogens with zero attached hydrogens (tertiary/aromatic N) is 8. The maximum Gasteiger partial charge on any atom is 0.294 e. The molecule has 4 heterocycles. The van der Waals surface area contributed by atoms with Crippen molar-refractivity contribution >= 4 is 34.4 Å². The predicted molar refractivity (Wildman–Crippen MR) is 121 cm³/mol. The van der Waals surface area contributed by atoms with E-state index in [1.807, 2.05) is 37.3 Å². The monoisotopic (exact) mass is 464 g/mol. The van der Waals surface area contributed by atoms with Gasteiger partial charge in [0.15, 0.2) is 11.3 Å². The molecule has 0 bridgehead atoms. The highest BCUT2D eigenvalue weighted by atomic mass is 35.5. The summed E-state index contributed by atoms with van der Waals surface area (Å²) in [5.74, 6) is -0.778. The van der Waals surface area contributed by atoms with Crippen molar-refractivity contribution in [3.63, 3.8) is 0 Å². The molecule has 1 aromatic carbocycles. The normalized spacial score (nSPS) is 13.8. The summed E-state index contributed by atoms with van der Waals surface area (Å²) in [7, 11) is 1.77. The Morgan fingerprint density at radius 3 is 2.36 bits per heavy atom. The van der Waals surface area contributed by atoms with E-state index >= 15 is 0 Å². The van der Waals surface area contributed by atoms with Gasteiger partial charge in [-0.3, -0.25) is 14.3 Å². The molecule has 11 heteroatoms. The van der Waals surface area contributed by atoms with Crippen LogP contribution in [0.25, 0.3) is 16.7 Å². The molecule has 1 aliphatic heterocycles. The second-order valence-electron chi connectivity index (χ2n) is 7.86. The number of hydrogen-bond acceptors (Lipinski definition) is 6. The average Bonchev–Trinajstić information content (AvgIpc) is 3.52. The van der Waals surface area contributed by atoms with Gasteiger partial charge in [0.1, 0.15) is 0 Å². The number of hydrogen-bond donors (Lipinski definition) is 0. The summed E-state index contributed by atoms with van der Waals surface area (Å²) >= 11 is 6.60. The number of pyridine rings is 1. The molecule has 10 nitrogen and oxygen atoms in total. The molecule has 2 amide bonds. The van der Waals surface area contributed by atoms with E-state index < -0.39 is 5.91 Å². The van der Waals surface area contributed by atoms with E-state index in [1.54, 1.807) is 18.7 Å². The first-order valence-corrected chi connectivity index (χ1v) is 10.9. The molecule has 0 unspecified atom stereocenters. The lowest BCUT2D eigenvalue weighted by Gasteiger charge is -2.27. The van der Waals surface area contributed by atoms with Crippen LogP contribution in [0.3, 0.4) is 0 Å². The van der Waals surface area contributed by atoms with Crippen molar-refractivity contribution in [2.45, 2.75) is 20.3 Å². The van der Waals surface area contributed by atoms with Gasteiger partial charge in [0, 0.05) is 26.3 Å². The number of rotatable bonds is 3. The van der Waals surface area contributed by atoms with E-state index in [1.165, 1.54) is 21.0 Å². The SMILES string of the molecule is Cc1nn(-c2ccccc2)nc1C(=O)N1CCCN1C(=O)c1cnc2c(c(C)nn2C)c1Cl. The lowest BCUT2D eigenvalue weighted by molar-refractivity contribution is 0.0181. The third-order valence-electron chi connectivity index (χ3n) is 5.67. The quantitative estimate of drug-likeness (QED) is 0.462. The third kappa shape index (κ3) is 3.43. The van der Waals surface area contributed by atoms with Crippen molar-refractivity contribution in [3.05, 3.63) is 64.2 Å². The first kappa shape index (κ1) is 21.1. The Kier molecular flexibility index (Phi) is 5.09. The molecule has 168 valence electrons. The fraction of sp³-hybridized carbons (Fsp3) is 0.273. The van der Waals surface area contributed by atoms with Crippen LogP contribution >= 0.6 is 11.6 Å². The van der Waals surface area contributed by atoms with Gasteiger partial charge in [-0.25, -0.2) is 15.0 Å². The molecule has 1 saturated heterocycles. The second-order valence-corrected chi connectivity index (χ2v) is 8.24. The molecular formula is C22H21ClN8O2. The smallest absolute Gasteiger partial charge is 0.267 e. The minimum Gasteiger partial charge on any atom is -0.267 e. The van der Waals surface area contributed by atoms with Gasteiger partial charge in [0.2, 0.25) is 0 Å². The van der Waals surface area contributed by atoms with Crippen LogP contribution in [0, 0.1) is 13.8 Å². The summed E-state index contributed by atoms with van der Waals surface area (Å²) < 4.78 is 1.62. The van der Waals surface area contributed by atoms with Gasteiger partial charge in [-0.2, -0.15) is 15.0 Å². The van der Waals surface area contributed by atoms with Crippen LogP contribution in [0.4, 0.5) is 0 Å². The minimum atomic E-state index is -0.392. The van der Waals surface area contributed by atoms with Crippen LogP contribution in [0.15, 0.2) is 36.5 Å². The van der Waals surface area contributed by atoms with Crippen molar-refractivity contribution in [1.29, 1.82) is 0 Å². The predicted octanol–water partition coefficient (Wildman–Crippen LogP) is 2.72. The Labute approximate surface area is 194 Å². The van der Waals surface area contributed by atoms with E-state index in [-0.39, 0.29) is 22.2 Å². The topological polar surface area (TPSA) is 102 Å². The number of aryl methyl sites for hydroxylation is 3. The molecule has 4 aromatic rings.